The predicted molar refractivity (Wildman–Crippen MR) is 133 cm³/mol. The largest absolute Gasteiger partial charge is 0.512 e. The van der Waals surface area contributed by atoms with Crippen LogP contribution in [0, 0.1) is 5.53 Å². The number of carbonyl (C=O) groups excluding carboxylic acids is 2. The molecule has 0 fully saturated rings. The van der Waals surface area contributed by atoms with Crippen molar-refractivity contribution in [3.05, 3.63) is 89.3 Å². The highest BCUT2D eigenvalue weighted by Gasteiger charge is 2.09. The Bertz CT molecular complexity index is 1100. The van der Waals surface area contributed by atoms with Crippen molar-refractivity contribution in [2.75, 3.05) is 18.5 Å². The van der Waals surface area contributed by atoms with Gasteiger partial charge in [-0.15, -0.1) is 0 Å². The Morgan fingerprint density at radius 2 is 1.76 bits per heavy atom. The summed E-state index contributed by atoms with van der Waals surface area (Å²) in [5.41, 5.74) is 11.3. The molecular formula is C26H30N4O4. The maximum Gasteiger partial charge on any atom is 0.325 e. The van der Waals surface area contributed by atoms with Gasteiger partial charge in [-0.05, 0) is 55.3 Å². The maximum absolute atomic E-state index is 12.7. The zero-order valence-corrected chi connectivity index (χ0v) is 19.6. The van der Waals surface area contributed by atoms with E-state index < -0.39 is 5.97 Å². The Morgan fingerprint density at radius 1 is 1.06 bits per heavy atom. The number of carbonyl (C=O) groups is 2. The number of nitrogens with zero attached hydrogens (tertiary/aromatic N) is 1. The molecule has 4 N–H and O–H groups in total. The van der Waals surface area contributed by atoms with Gasteiger partial charge in [0.2, 0.25) is 0 Å². The van der Waals surface area contributed by atoms with Crippen LogP contribution >= 0.6 is 0 Å². The summed E-state index contributed by atoms with van der Waals surface area (Å²) in [5.74, 6) is -0.373. The molecule has 0 aliphatic carbocycles. The lowest BCUT2D eigenvalue weighted by Crippen LogP contribution is -2.20. The first-order valence-electron chi connectivity index (χ1n) is 10.9. The summed E-state index contributed by atoms with van der Waals surface area (Å²) in [6.07, 6.45) is 5.53. The van der Waals surface area contributed by atoms with Gasteiger partial charge in [0.25, 0.3) is 5.91 Å². The number of esters is 1. The molecular weight excluding hydrogens is 432 g/mol. The molecule has 0 aromatic heterocycles. The molecule has 0 unspecified atom stereocenters. The summed E-state index contributed by atoms with van der Waals surface area (Å²) >= 11 is 0. The quantitative estimate of drug-likeness (QED) is 0.148. The molecule has 1 amide bonds. The minimum atomic E-state index is -0.406. The highest BCUT2D eigenvalue weighted by atomic mass is 16.5. The number of hydrogen-bond acceptors (Lipinski definition) is 7. The molecule has 0 spiro atoms. The molecule has 2 aromatic rings. The number of aliphatic hydroxyl groups is 1. The molecule has 0 aliphatic rings. The maximum atomic E-state index is 12.7. The molecule has 2 aromatic carbocycles. The van der Waals surface area contributed by atoms with Crippen molar-refractivity contribution in [3.8, 4) is 0 Å². The highest BCUT2D eigenvalue weighted by Crippen LogP contribution is 2.21. The van der Waals surface area contributed by atoms with Crippen molar-refractivity contribution >= 4 is 28.8 Å². The van der Waals surface area contributed by atoms with E-state index >= 15 is 0 Å². The van der Waals surface area contributed by atoms with Crippen molar-refractivity contribution in [1.29, 1.82) is 5.53 Å². The van der Waals surface area contributed by atoms with Gasteiger partial charge in [-0.2, -0.15) is 5.11 Å². The number of hydrogen-bond donors (Lipinski definition) is 4. The summed E-state index contributed by atoms with van der Waals surface area (Å²) in [6, 6.07) is 14.1. The molecule has 8 heteroatoms. The molecule has 0 saturated carbocycles. The van der Waals surface area contributed by atoms with Crippen LogP contribution in [0.2, 0.25) is 0 Å². The van der Waals surface area contributed by atoms with Gasteiger partial charge in [-0.1, -0.05) is 37.3 Å². The van der Waals surface area contributed by atoms with E-state index in [2.05, 4.69) is 15.7 Å². The van der Waals surface area contributed by atoms with Crippen molar-refractivity contribution in [2.45, 2.75) is 27.2 Å². The van der Waals surface area contributed by atoms with Gasteiger partial charge >= 0.3 is 5.97 Å². The highest BCUT2D eigenvalue weighted by molar-refractivity contribution is 6.04. The van der Waals surface area contributed by atoms with Gasteiger partial charge < -0.3 is 20.5 Å². The summed E-state index contributed by atoms with van der Waals surface area (Å²) in [5, 5.41) is 18.7. The van der Waals surface area contributed by atoms with Crippen LogP contribution in [0.15, 0.2) is 77.8 Å². The second kappa shape index (κ2) is 13.4. The summed E-state index contributed by atoms with van der Waals surface area (Å²) in [7, 11) is 0. The van der Waals surface area contributed by atoms with Crippen LogP contribution in [0.1, 0.15) is 48.7 Å². The third kappa shape index (κ3) is 8.05. The van der Waals surface area contributed by atoms with Gasteiger partial charge in [-0.25, -0.2) is 5.53 Å². The molecule has 0 atom stereocenters. The van der Waals surface area contributed by atoms with Crippen LogP contribution in [0.3, 0.4) is 0 Å². The third-order valence-electron chi connectivity index (χ3n) is 4.82. The average Bonchev–Trinajstić information content (AvgIpc) is 2.85. The molecule has 0 saturated heterocycles. The summed E-state index contributed by atoms with van der Waals surface area (Å²) < 4.78 is 4.84. The third-order valence-corrected chi connectivity index (χ3v) is 4.82. The fourth-order valence-corrected chi connectivity index (χ4v) is 2.90. The second-order valence-corrected chi connectivity index (χ2v) is 7.30. The Balaban J connectivity index is 2.08. The molecule has 0 bridgehead atoms. The predicted octanol–water partition coefficient (Wildman–Crippen LogP) is 5.68. The standard InChI is InChI=1S/C26H30N4O4/c1-4-23(31)14-9-18(3)19-10-12-20(13-11-19)26(33)29-22-8-6-7-21(15-22)24(30-27)16-28-17-25(32)34-5-2/h6-16,27-28,31H,4-5,17H2,1-3H3,(H,29,33)/b18-9+,23-14+,24-16-,30-27?. The van der Waals surface area contributed by atoms with Crippen LogP contribution in [0.4, 0.5) is 5.69 Å². The normalized spacial score (nSPS) is 12.1. The number of amides is 1. The molecule has 0 radical (unpaired) electrons. The SMILES string of the molecule is CCOC(=O)CN/C=C(\N=N)c1cccc(NC(=O)c2ccc(/C(C)=C/C=C(/O)CC)cc2)c1. The van der Waals surface area contributed by atoms with Gasteiger partial charge in [0, 0.05) is 29.4 Å². The Kier molecular flexibility index (Phi) is 10.2. The number of nitrogens with one attached hydrogen (secondary N) is 3. The minimum Gasteiger partial charge on any atom is -0.512 e. The zero-order valence-electron chi connectivity index (χ0n) is 19.6. The molecule has 178 valence electrons. The summed E-state index contributed by atoms with van der Waals surface area (Å²) in [6.45, 7) is 5.79. The fraction of sp³-hybridized carbons (Fsp3) is 0.231. The number of anilines is 1. The van der Waals surface area contributed by atoms with Gasteiger partial charge in [0.15, 0.2) is 0 Å². The summed E-state index contributed by atoms with van der Waals surface area (Å²) in [4.78, 5) is 24.1. The number of benzene rings is 2. The molecule has 8 nitrogen and oxygen atoms in total. The average molecular weight is 463 g/mol. The lowest BCUT2D eigenvalue weighted by molar-refractivity contribution is -0.141. The van der Waals surface area contributed by atoms with Crippen molar-refractivity contribution < 1.29 is 19.4 Å². The Labute approximate surface area is 199 Å². The van der Waals surface area contributed by atoms with Crippen LogP contribution in [-0.2, 0) is 9.53 Å². The van der Waals surface area contributed by atoms with Crippen molar-refractivity contribution in [3.63, 3.8) is 0 Å². The minimum absolute atomic E-state index is 0.0377. The Hall–Kier alpha value is -4.20. The number of allylic oxidation sites excluding steroid dienone is 4. The first kappa shape index (κ1) is 26.1. The van der Waals surface area contributed by atoms with E-state index in [-0.39, 0.29) is 12.5 Å². The van der Waals surface area contributed by atoms with E-state index in [9.17, 15) is 14.7 Å². The molecule has 2 rings (SSSR count). The van der Waals surface area contributed by atoms with Gasteiger partial charge in [-0.3, -0.25) is 9.59 Å². The zero-order chi connectivity index (χ0) is 24.9. The first-order chi connectivity index (χ1) is 16.4. The molecule has 34 heavy (non-hydrogen) atoms. The van der Waals surface area contributed by atoms with Crippen molar-refractivity contribution in [1.82, 2.24) is 5.32 Å². The lowest BCUT2D eigenvalue weighted by atomic mass is 10.0. The topological polar surface area (TPSA) is 124 Å². The van der Waals surface area contributed by atoms with Gasteiger partial charge in [0.1, 0.15) is 12.2 Å². The van der Waals surface area contributed by atoms with Crippen LogP contribution in [0.5, 0.6) is 0 Å². The van der Waals surface area contributed by atoms with Crippen LogP contribution in [0.25, 0.3) is 11.3 Å². The fourth-order valence-electron chi connectivity index (χ4n) is 2.90. The smallest absolute Gasteiger partial charge is 0.325 e. The number of rotatable bonds is 11. The lowest BCUT2D eigenvalue weighted by Gasteiger charge is -2.09. The molecule has 0 aliphatic heterocycles. The van der Waals surface area contributed by atoms with Crippen molar-refractivity contribution in [2.24, 2.45) is 5.11 Å². The van der Waals surface area contributed by atoms with Crippen LogP contribution < -0.4 is 10.6 Å². The number of ether oxygens (including phenoxy) is 1. The van der Waals surface area contributed by atoms with E-state index in [1.165, 1.54) is 6.20 Å². The number of aliphatic hydroxyl groups excluding tert-OH is 1. The van der Waals surface area contributed by atoms with E-state index in [1.807, 2.05) is 32.1 Å². The Morgan fingerprint density at radius 3 is 2.41 bits per heavy atom. The van der Waals surface area contributed by atoms with Gasteiger partial charge in [0.05, 0.1) is 12.4 Å². The second-order valence-electron chi connectivity index (χ2n) is 7.30. The van der Waals surface area contributed by atoms with E-state index in [1.54, 1.807) is 49.4 Å². The van der Waals surface area contributed by atoms with E-state index in [0.717, 1.165) is 11.1 Å². The molecule has 0 heterocycles. The van der Waals surface area contributed by atoms with E-state index in [4.69, 9.17) is 10.3 Å². The first-order valence-corrected chi connectivity index (χ1v) is 10.9. The van der Waals surface area contributed by atoms with Crippen LogP contribution in [-0.4, -0.2) is 30.1 Å². The monoisotopic (exact) mass is 462 g/mol. The van der Waals surface area contributed by atoms with E-state index in [0.29, 0.717) is 41.3 Å².